The molecule has 0 bridgehead atoms. The van der Waals surface area contributed by atoms with Gasteiger partial charge in [0.05, 0.1) is 16.3 Å². The summed E-state index contributed by atoms with van der Waals surface area (Å²) < 4.78 is 5.15. The first-order valence-corrected chi connectivity index (χ1v) is 7.02. The number of thioether (sulfide) groups is 1. The van der Waals surface area contributed by atoms with Gasteiger partial charge in [-0.1, -0.05) is 16.8 Å². The van der Waals surface area contributed by atoms with Crippen LogP contribution in [0.5, 0.6) is 0 Å². The van der Waals surface area contributed by atoms with E-state index in [-0.39, 0.29) is 0 Å². The van der Waals surface area contributed by atoms with Gasteiger partial charge in [0.15, 0.2) is 5.82 Å². The molecule has 0 radical (unpaired) electrons. The van der Waals surface area contributed by atoms with Gasteiger partial charge in [-0.25, -0.2) is 0 Å². The summed E-state index contributed by atoms with van der Waals surface area (Å²) in [6, 6.07) is 5.38. The first kappa shape index (κ1) is 14.2. The first-order chi connectivity index (χ1) is 8.86. The van der Waals surface area contributed by atoms with Crippen molar-refractivity contribution in [3.63, 3.8) is 0 Å². The van der Waals surface area contributed by atoms with Crippen LogP contribution in [0.25, 0.3) is 0 Å². The monoisotopic (exact) mass is 298 g/mol. The van der Waals surface area contributed by atoms with Gasteiger partial charge in [0.2, 0.25) is 5.89 Å². The molecule has 5 nitrogen and oxygen atoms in total. The summed E-state index contributed by atoms with van der Waals surface area (Å²) in [5, 5.41) is 4.47. The smallest absolute Gasteiger partial charge is 0.237 e. The number of nitrogens with zero attached hydrogens (tertiary/aromatic N) is 2. The summed E-state index contributed by atoms with van der Waals surface area (Å²) in [7, 11) is 0. The maximum absolute atomic E-state index is 6.09. The second-order valence-corrected chi connectivity index (χ2v) is 6.14. The minimum atomic E-state index is -0.606. The molecule has 0 saturated heterocycles. The van der Waals surface area contributed by atoms with E-state index in [0.717, 1.165) is 4.90 Å². The Balaban J connectivity index is 2.04. The molecule has 7 heteroatoms. The predicted molar refractivity (Wildman–Crippen MR) is 76.9 cm³/mol. The predicted octanol–water partition coefficient (Wildman–Crippen LogP) is 2.79. The van der Waals surface area contributed by atoms with Crippen LogP contribution in [0.4, 0.5) is 5.69 Å². The SMILES string of the molecule is CC(C)(N)c1noc(CSc2ccc(N)cc2Cl)n1. The third-order valence-corrected chi connectivity index (χ3v) is 3.83. The Morgan fingerprint density at radius 1 is 1.42 bits per heavy atom. The Labute approximate surface area is 120 Å². The number of rotatable bonds is 4. The highest BCUT2D eigenvalue weighted by atomic mass is 35.5. The summed E-state index contributed by atoms with van der Waals surface area (Å²) in [6.07, 6.45) is 0. The Morgan fingerprint density at radius 2 is 2.16 bits per heavy atom. The number of hydrogen-bond donors (Lipinski definition) is 2. The van der Waals surface area contributed by atoms with E-state index in [2.05, 4.69) is 10.1 Å². The first-order valence-electron chi connectivity index (χ1n) is 5.66. The van der Waals surface area contributed by atoms with Crippen LogP contribution >= 0.6 is 23.4 Å². The average molecular weight is 299 g/mol. The maximum Gasteiger partial charge on any atom is 0.237 e. The lowest BCUT2D eigenvalue weighted by molar-refractivity contribution is 0.370. The molecule has 102 valence electrons. The molecule has 4 N–H and O–H groups in total. The molecule has 0 aliphatic heterocycles. The fourth-order valence-electron chi connectivity index (χ4n) is 1.35. The number of anilines is 1. The third-order valence-electron chi connectivity index (χ3n) is 2.35. The van der Waals surface area contributed by atoms with Crippen LogP contribution in [0.2, 0.25) is 5.02 Å². The normalized spacial score (nSPS) is 11.8. The van der Waals surface area contributed by atoms with E-state index in [4.69, 9.17) is 27.6 Å². The zero-order chi connectivity index (χ0) is 14.0. The van der Waals surface area contributed by atoms with Crippen molar-refractivity contribution in [1.82, 2.24) is 10.1 Å². The van der Waals surface area contributed by atoms with Gasteiger partial charge in [-0.05, 0) is 32.0 Å². The van der Waals surface area contributed by atoms with Crippen molar-refractivity contribution in [3.8, 4) is 0 Å². The van der Waals surface area contributed by atoms with Gasteiger partial charge >= 0.3 is 0 Å². The molecule has 0 fully saturated rings. The topological polar surface area (TPSA) is 91.0 Å². The molecule has 1 heterocycles. The highest BCUT2D eigenvalue weighted by Crippen LogP contribution is 2.31. The highest BCUT2D eigenvalue weighted by Gasteiger charge is 2.21. The van der Waals surface area contributed by atoms with Crippen molar-refractivity contribution < 1.29 is 4.52 Å². The summed E-state index contributed by atoms with van der Waals surface area (Å²) in [6.45, 7) is 3.65. The van der Waals surface area contributed by atoms with Crippen LogP contribution < -0.4 is 11.5 Å². The zero-order valence-electron chi connectivity index (χ0n) is 10.7. The molecular formula is C12H15ClN4OS. The summed E-state index contributed by atoms with van der Waals surface area (Å²) >= 11 is 7.59. The molecule has 19 heavy (non-hydrogen) atoms. The quantitative estimate of drug-likeness (QED) is 0.666. The van der Waals surface area contributed by atoms with Crippen LogP contribution in [0.3, 0.4) is 0 Å². The van der Waals surface area contributed by atoms with Crippen LogP contribution in [0.15, 0.2) is 27.6 Å². The van der Waals surface area contributed by atoms with Crippen LogP contribution in [-0.4, -0.2) is 10.1 Å². The Bertz CT molecular complexity index is 579. The van der Waals surface area contributed by atoms with Crippen molar-refractivity contribution in [1.29, 1.82) is 0 Å². The number of aromatic nitrogens is 2. The standard InChI is InChI=1S/C12H15ClN4OS/c1-12(2,15)11-16-10(18-17-11)6-19-9-4-3-7(14)5-8(9)13/h3-5H,6,14-15H2,1-2H3. The number of nitrogens with two attached hydrogens (primary N) is 2. The number of benzene rings is 1. The molecule has 2 rings (SSSR count). The average Bonchev–Trinajstić information content (AvgIpc) is 2.76. The van der Waals surface area contributed by atoms with Crippen molar-refractivity contribution in [2.75, 3.05) is 5.73 Å². The second-order valence-electron chi connectivity index (χ2n) is 4.71. The molecule has 0 unspecified atom stereocenters. The van der Waals surface area contributed by atoms with Gasteiger partial charge in [0.1, 0.15) is 0 Å². The van der Waals surface area contributed by atoms with Gasteiger partial charge in [0.25, 0.3) is 0 Å². The Hall–Kier alpha value is -1.24. The Morgan fingerprint density at radius 3 is 2.74 bits per heavy atom. The molecular weight excluding hydrogens is 284 g/mol. The minimum absolute atomic E-state index is 0.492. The molecule has 0 aliphatic carbocycles. The second kappa shape index (κ2) is 5.40. The number of nitrogen functional groups attached to an aromatic ring is 1. The lowest BCUT2D eigenvalue weighted by atomic mass is 10.1. The van der Waals surface area contributed by atoms with Gasteiger partial charge in [0, 0.05) is 10.6 Å². The molecule has 1 aromatic carbocycles. The van der Waals surface area contributed by atoms with Gasteiger partial charge < -0.3 is 16.0 Å². The van der Waals surface area contributed by atoms with Gasteiger partial charge in [-0.15, -0.1) is 11.8 Å². The molecule has 0 saturated carbocycles. The van der Waals surface area contributed by atoms with E-state index in [0.29, 0.717) is 28.2 Å². The van der Waals surface area contributed by atoms with Crippen LogP contribution in [0, 0.1) is 0 Å². The van der Waals surface area contributed by atoms with Crippen molar-refractivity contribution in [2.45, 2.75) is 30.0 Å². The van der Waals surface area contributed by atoms with E-state index in [1.165, 1.54) is 11.8 Å². The fraction of sp³-hybridized carbons (Fsp3) is 0.333. The Kier molecular flexibility index (Phi) is 4.03. The third kappa shape index (κ3) is 3.62. The minimum Gasteiger partial charge on any atom is -0.399 e. The molecule has 0 spiro atoms. The molecule has 1 aromatic heterocycles. The molecule has 0 atom stereocenters. The molecule has 2 aromatic rings. The maximum atomic E-state index is 6.09. The lowest BCUT2D eigenvalue weighted by Crippen LogP contribution is -2.30. The number of halogens is 1. The van der Waals surface area contributed by atoms with E-state index < -0.39 is 5.54 Å². The van der Waals surface area contributed by atoms with E-state index in [9.17, 15) is 0 Å². The zero-order valence-corrected chi connectivity index (χ0v) is 12.3. The van der Waals surface area contributed by atoms with E-state index in [1.54, 1.807) is 12.1 Å². The van der Waals surface area contributed by atoms with Gasteiger partial charge in [-0.3, -0.25) is 0 Å². The summed E-state index contributed by atoms with van der Waals surface area (Å²) in [5.74, 6) is 1.55. The molecule has 0 amide bonds. The van der Waals surface area contributed by atoms with E-state index >= 15 is 0 Å². The van der Waals surface area contributed by atoms with Crippen LogP contribution in [0.1, 0.15) is 25.6 Å². The summed E-state index contributed by atoms with van der Waals surface area (Å²) in [5.41, 5.74) is 11.6. The van der Waals surface area contributed by atoms with E-state index in [1.807, 2.05) is 19.9 Å². The fourth-order valence-corrected chi connectivity index (χ4v) is 2.46. The van der Waals surface area contributed by atoms with Crippen LogP contribution in [-0.2, 0) is 11.3 Å². The summed E-state index contributed by atoms with van der Waals surface area (Å²) in [4.78, 5) is 5.17. The van der Waals surface area contributed by atoms with Gasteiger partial charge in [-0.2, -0.15) is 4.98 Å². The largest absolute Gasteiger partial charge is 0.399 e. The number of hydrogen-bond acceptors (Lipinski definition) is 6. The lowest BCUT2D eigenvalue weighted by Gasteiger charge is -2.11. The van der Waals surface area contributed by atoms with Crippen molar-refractivity contribution in [2.24, 2.45) is 5.73 Å². The van der Waals surface area contributed by atoms with Crippen molar-refractivity contribution in [3.05, 3.63) is 34.9 Å². The van der Waals surface area contributed by atoms with Crippen molar-refractivity contribution >= 4 is 29.1 Å². The highest BCUT2D eigenvalue weighted by molar-refractivity contribution is 7.98. The molecule has 0 aliphatic rings.